The van der Waals surface area contributed by atoms with Gasteiger partial charge in [-0.2, -0.15) is 0 Å². The highest BCUT2D eigenvalue weighted by molar-refractivity contribution is 7.99. The van der Waals surface area contributed by atoms with E-state index in [1.54, 1.807) is 0 Å². The van der Waals surface area contributed by atoms with Crippen LogP contribution in [0.25, 0.3) is 10.9 Å². The van der Waals surface area contributed by atoms with Crippen LogP contribution in [0.1, 0.15) is 0 Å². The fourth-order valence-corrected chi connectivity index (χ4v) is 2.66. The third-order valence-corrected chi connectivity index (χ3v) is 3.95. The standard InChI is InChI=1S/C12H7ClN4OS/c13-9-10(18)15-6-17-12(9)19-11-7-3-1-2-4-8(7)14-5-16-11/h1-6H,(H,15,17,18). The zero-order chi connectivity index (χ0) is 13.2. The van der Waals surface area contributed by atoms with Gasteiger partial charge in [-0.05, 0) is 17.8 Å². The molecule has 1 aromatic carbocycles. The number of benzene rings is 1. The molecule has 0 atom stereocenters. The summed E-state index contributed by atoms with van der Waals surface area (Å²) in [5.41, 5.74) is 0.471. The molecule has 2 aromatic heterocycles. The zero-order valence-electron chi connectivity index (χ0n) is 9.50. The predicted molar refractivity (Wildman–Crippen MR) is 73.5 cm³/mol. The Morgan fingerprint density at radius 2 is 1.95 bits per heavy atom. The van der Waals surface area contributed by atoms with E-state index in [0.717, 1.165) is 10.9 Å². The molecule has 2 heterocycles. The molecule has 0 amide bonds. The maximum Gasteiger partial charge on any atom is 0.270 e. The molecule has 0 fully saturated rings. The van der Waals surface area contributed by atoms with E-state index in [4.69, 9.17) is 11.6 Å². The molecule has 0 unspecified atom stereocenters. The molecule has 0 spiro atoms. The number of para-hydroxylation sites is 1. The van der Waals surface area contributed by atoms with Gasteiger partial charge in [-0.15, -0.1) is 0 Å². The number of rotatable bonds is 2. The molecule has 94 valence electrons. The number of hydrogen-bond donors (Lipinski definition) is 1. The third-order valence-electron chi connectivity index (χ3n) is 2.46. The summed E-state index contributed by atoms with van der Waals surface area (Å²) in [7, 11) is 0. The van der Waals surface area contributed by atoms with Gasteiger partial charge in [-0.1, -0.05) is 29.8 Å². The van der Waals surface area contributed by atoms with Crippen molar-refractivity contribution in [2.24, 2.45) is 0 Å². The topological polar surface area (TPSA) is 71.5 Å². The predicted octanol–water partition coefficient (Wildman–Crippen LogP) is 2.52. The number of hydrogen-bond acceptors (Lipinski definition) is 5. The van der Waals surface area contributed by atoms with Crippen LogP contribution in [0.5, 0.6) is 0 Å². The quantitative estimate of drug-likeness (QED) is 0.734. The summed E-state index contributed by atoms with van der Waals surface area (Å²) in [4.78, 5) is 26.3. The number of halogens is 1. The second kappa shape index (κ2) is 4.99. The van der Waals surface area contributed by atoms with Gasteiger partial charge in [0, 0.05) is 5.39 Å². The van der Waals surface area contributed by atoms with E-state index in [9.17, 15) is 4.79 Å². The molecule has 5 nitrogen and oxygen atoms in total. The molecule has 0 aliphatic heterocycles. The van der Waals surface area contributed by atoms with E-state index in [2.05, 4.69) is 19.9 Å². The van der Waals surface area contributed by atoms with Crippen molar-refractivity contribution in [3.05, 3.63) is 52.3 Å². The van der Waals surface area contributed by atoms with Crippen LogP contribution in [0.4, 0.5) is 0 Å². The van der Waals surface area contributed by atoms with Crippen molar-refractivity contribution in [2.45, 2.75) is 10.1 Å². The molecule has 19 heavy (non-hydrogen) atoms. The molecule has 0 saturated carbocycles. The Morgan fingerprint density at radius 3 is 2.84 bits per heavy atom. The SMILES string of the molecule is O=c1[nH]cnc(Sc2ncnc3ccccc23)c1Cl. The number of aromatic amines is 1. The minimum Gasteiger partial charge on any atom is -0.312 e. The number of H-pyrrole nitrogens is 1. The largest absolute Gasteiger partial charge is 0.312 e. The summed E-state index contributed by atoms with van der Waals surface area (Å²) in [6.45, 7) is 0. The molecular formula is C12H7ClN4OS. The molecule has 0 aliphatic carbocycles. The van der Waals surface area contributed by atoms with E-state index in [1.165, 1.54) is 24.4 Å². The van der Waals surface area contributed by atoms with Crippen LogP contribution in [0.2, 0.25) is 5.02 Å². The Labute approximate surface area is 117 Å². The highest BCUT2D eigenvalue weighted by Crippen LogP contribution is 2.31. The maximum absolute atomic E-state index is 11.4. The molecular weight excluding hydrogens is 284 g/mol. The third kappa shape index (κ3) is 2.32. The minimum absolute atomic E-state index is 0.0650. The lowest BCUT2D eigenvalue weighted by atomic mass is 10.2. The van der Waals surface area contributed by atoms with Crippen LogP contribution in [0.3, 0.4) is 0 Å². The lowest BCUT2D eigenvalue weighted by Crippen LogP contribution is -2.07. The molecule has 0 saturated heterocycles. The van der Waals surface area contributed by atoms with Crippen molar-refractivity contribution in [3.8, 4) is 0 Å². The fraction of sp³-hybridized carbons (Fsp3) is 0. The molecule has 1 N–H and O–H groups in total. The van der Waals surface area contributed by atoms with Crippen LogP contribution >= 0.6 is 23.4 Å². The Hall–Kier alpha value is -1.92. The summed E-state index contributed by atoms with van der Waals surface area (Å²) in [5, 5.41) is 2.10. The van der Waals surface area contributed by atoms with Crippen LogP contribution in [0, 0.1) is 0 Å². The van der Waals surface area contributed by atoms with Gasteiger partial charge in [0.05, 0.1) is 11.8 Å². The number of fused-ring (bicyclic) bond motifs is 1. The van der Waals surface area contributed by atoms with Gasteiger partial charge in [-0.3, -0.25) is 4.79 Å². The highest BCUT2D eigenvalue weighted by atomic mass is 35.5. The van der Waals surface area contributed by atoms with Gasteiger partial charge < -0.3 is 4.98 Å². The normalized spacial score (nSPS) is 10.8. The number of nitrogens with one attached hydrogen (secondary N) is 1. The molecule has 0 bridgehead atoms. The molecule has 7 heteroatoms. The Kier molecular flexibility index (Phi) is 3.18. The van der Waals surface area contributed by atoms with Gasteiger partial charge >= 0.3 is 0 Å². The lowest BCUT2D eigenvalue weighted by molar-refractivity contribution is 1.01. The summed E-state index contributed by atoms with van der Waals surface area (Å²) >= 11 is 7.17. The Balaban J connectivity index is 2.11. The summed E-state index contributed by atoms with van der Waals surface area (Å²) in [6, 6.07) is 7.62. The first-order chi connectivity index (χ1) is 9.25. The number of nitrogens with zero attached hydrogens (tertiary/aromatic N) is 3. The van der Waals surface area contributed by atoms with Gasteiger partial charge in [0.15, 0.2) is 0 Å². The van der Waals surface area contributed by atoms with Gasteiger partial charge in [0.2, 0.25) is 0 Å². The maximum atomic E-state index is 11.4. The smallest absolute Gasteiger partial charge is 0.270 e. The van der Waals surface area contributed by atoms with Gasteiger partial charge in [0.1, 0.15) is 21.4 Å². The monoisotopic (exact) mass is 290 g/mol. The first-order valence-electron chi connectivity index (χ1n) is 5.36. The second-order valence-electron chi connectivity index (χ2n) is 3.65. The zero-order valence-corrected chi connectivity index (χ0v) is 11.1. The molecule has 0 radical (unpaired) electrons. The summed E-state index contributed by atoms with van der Waals surface area (Å²) in [5.74, 6) is 0. The van der Waals surface area contributed by atoms with E-state index < -0.39 is 0 Å². The highest BCUT2D eigenvalue weighted by Gasteiger charge is 2.11. The van der Waals surface area contributed by atoms with Gasteiger partial charge in [0.25, 0.3) is 5.56 Å². The van der Waals surface area contributed by atoms with E-state index in [-0.39, 0.29) is 10.6 Å². The second-order valence-corrected chi connectivity index (χ2v) is 5.00. The number of aromatic nitrogens is 4. The van der Waals surface area contributed by atoms with E-state index in [0.29, 0.717) is 10.1 Å². The van der Waals surface area contributed by atoms with Crippen molar-refractivity contribution in [1.29, 1.82) is 0 Å². The summed E-state index contributed by atoms with van der Waals surface area (Å²) < 4.78 is 0. The average molecular weight is 291 g/mol. The Bertz CT molecular complexity index is 800. The van der Waals surface area contributed by atoms with Crippen molar-refractivity contribution in [3.63, 3.8) is 0 Å². The molecule has 3 aromatic rings. The average Bonchev–Trinajstić information content (AvgIpc) is 2.44. The van der Waals surface area contributed by atoms with Crippen LogP contribution in [-0.4, -0.2) is 19.9 Å². The lowest BCUT2D eigenvalue weighted by Gasteiger charge is -2.04. The van der Waals surface area contributed by atoms with Gasteiger partial charge in [-0.25, -0.2) is 15.0 Å². The van der Waals surface area contributed by atoms with Crippen LogP contribution in [-0.2, 0) is 0 Å². The molecule has 3 rings (SSSR count). The van der Waals surface area contributed by atoms with E-state index in [1.807, 2.05) is 24.3 Å². The first kappa shape index (κ1) is 12.1. The van der Waals surface area contributed by atoms with Crippen molar-refractivity contribution >= 4 is 34.3 Å². The van der Waals surface area contributed by atoms with Crippen LogP contribution < -0.4 is 5.56 Å². The minimum atomic E-state index is -0.363. The van der Waals surface area contributed by atoms with Crippen molar-refractivity contribution in [2.75, 3.05) is 0 Å². The molecule has 0 aliphatic rings. The summed E-state index contributed by atoms with van der Waals surface area (Å²) in [6.07, 6.45) is 2.80. The first-order valence-corrected chi connectivity index (χ1v) is 6.56. The Morgan fingerprint density at radius 1 is 1.11 bits per heavy atom. The van der Waals surface area contributed by atoms with Crippen molar-refractivity contribution in [1.82, 2.24) is 19.9 Å². The van der Waals surface area contributed by atoms with Crippen LogP contribution in [0.15, 0.2) is 51.8 Å². The van der Waals surface area contributed by atoms with Crippen molar-refractivity contribution < 1.29 is 0 Å². The fourth-order valence-electron chi connectivity index (χ4n) is 1.59. The van der Waals surface area contributed by atoms with E-state index >= 15 is 0 Å².